The Kier molecular flexibility index (Phi) is 4.17. The van der Waals surface area contributed by atoms with Gasteiger partial charge in [0.1, 0.15) is 11.6 Å². The minimum atomic E-state index is 0.247. The fourth-order valence-electron chi connectivity index (χ4n) is 2.45. The van der Waals surface area contributed by atoms with Crippen molar-refractivity contribution in [3.05, 3.63) is 17.6 Å². The van der Waals surface area contributed by atoms with E-state index in [1.54, 1.807) is 0 Å². The summed E-state index contributed by atoms with van der Waals surface area (Å²) in [4.78, 5) is 9.05. The zero-order chi connectivity index (χ0) is 13.1. The Hall–Kier alpha value is -1.16. The molecule has 0 spiro atoms. The van der Waals surface area contributed by atoms with Crippen LogP contribution in [0.25, 0.3) is 0 Å². The highest BCUT2D eigenvalue weighted by Gasteiger charge is 2.22. The Bertz CT molecular complexity index is 403. The van der Waals surface area contributed by atoms with Crippen LogP contribution in [-0.4, -0.2) is 22.1 Å². The SMILES string of the molecule is Cc1cc(NC2CCCCC2N)nc(C(C)C)n1. The predicted molar refractivity (Wildman–Crippen MR) is 74.7 cm³/mol. The first-order valence-electron chi connectivity index (χ1n) is 6.94. The van der Waals surface area contributed by atoms with Gasteiger partial charge in [-0.05, 0) is 19.8 Å². The van der Waals surface area contributed by atoms with Gasteiger partial charge in [-0.3, -0.25) is 0 Å². The third kappa shape index (κ3) is 3.19. The zero-order valence-electron chi connectivity index (χ0n) is 11.6. The summed E-state index contributed by atoms with van der Waals surface area (Å²) >= 11 is 0. The molecule has 1 fully saturated rings. The minimum Gasteiger partial charge on any atom is -0.366 e. The van der Waals surface area contributed by atoms with Gasteiger partial charge in [-0.15, -0.1) is 0 Å². The van der Waals surface area contributed by atoms with Gasteiger partial charge >= 0.3 is 0 Å². The fraction of sp³-hybridized carbons (Fsp3) is 0.714. The summed E-state index contributed by atoms with van der Waals surface area (Å²) in [5.41, 5.74) is 7.17. The molecule has 1 heterocycles. The molecule has 1 aromatic rings. The number of aryl methyl sites for hydroxylation is 1. The van der Waals surface area contributed by atoms with Crippen LogP contribution in [0.5, 0.6) is 0 Å². The molecule has 100 valence electrons. The zero-order valence-corrected chi connectivity index (χ0v) is 11.6. The molecule has 0 amide bonds. The van der Waals surface area contributed by atoms with E-state index in [4.69, 9.17) is 5.73 Å². The number of nitrogens with two attached hydrogens (primary N) is 1. The summed E-state index contributed by atoms with van der Waals surface area (Å²) in [6.45, 7) is 6.25. The Labute approximate surface area is 109 Å². The van der Waals surface area contributed by atoms with E-state index in [-0.39, 0.29) is 6.04 Å². The van der Waals surface area contributed by atoms with Crippen LogP contribution in [-0.2, 0) is 0 Å². The molecule has 4 nitrogen and oxygen atoms in total. The number of aromatic nitrogens is 2. The van der Waals surface area contributed by atoms with E-state index < -0.39 is 0 Å². The van der Waals surface area contributed by atoms with Crippen molar-refractivity contribution in [2.24, 2.45) is 5.73 Å². The quantitative estimate of drug-likeness (QED) is 0.863. The minimum absolute atomic E-state index is 0.247. The summed E-state index contributed by atoms with van der Waals surface area (Å²) < 4.78 is 0. The van der Waals surface area contributed by atoms with E-state index in [0.29, 0.717) is 12.0 Å². The molecule has 4 heteroatoms. The van der Waals surface area contributed by atoms with E-state index in [1.165, 1.54) is 12.8 Å². The van der Waals surface area contributed by atoms with Crippen molar-refractivity contribution in [1.82, 2.24) is 9.97 Å². The maximum absolute atomic E-state index is 6.16. The van der Waals surface area contributed by atoms with Crippen molar-refractivity contribution in [3.63, 3.8) is 0 Å². The average Bonchev–Trinajstić information content (AvgIpc) is 2.31. The standard InChI is InChI=1S/C14H24N4/c1-9(2)14-16-10(3)8-13(18-14)17-12-7-5-4-6-11(12)15/h8-9,11-12H,4-7,15H2,1-3H3,(H,16,17,18). The second-order valence-corrected chi connectivity index (χ2v) is 5.61. The molecule has 0 aliphatic heterocycles. The Morgan fingerprint density at radius 3 is 2.67 bits per heavy atom. The normalized spacial score (nSPS) is 24.3. The summed E-state index contributed by atoms with van der Waals surface area (Å²) in [6, 6.07) is 2.61. The molecule has 0 bridgehead atoms. The van der Waals surface area contributed by atoms with Crippen LogP contribution in [0.2, 0.25) is 0 Å². The van der Waals surface area contributed by atoms with E-state index in [9.17, 15) is 0 Å². The lowest BCUT2D eigenvalue weighted by atomic mass is 9.91. The van der Waals surface area contributed by atoms with Crippen LogP contribution in [0, 0.1) is 6.92 Å². The molecular formula is C14H24N4. The number of nitrogens with one attached hydrogen (secondary N) is 1. The fourth-order valence-corrected chi connectivity index (χ4v) is 2.45. The van der Waals surface area contributed by atoms with Gasteiger partial charge < -0.3 is 11.1 Å². The van der Waals surface area contributed by atoms with Crippen molar-refractivity contribution in [2.75, 3.05) is 5.32 Å². The first-order chi connectivity index (χ1) is 8.56. The van der Waals surface area contributed by atoms with Crippen LogP contribution < -0.4 is 11.1 Å². The monoisotopic (exact) mass is 248 g/mol. The van der Waals surface area contributed by atoms with Gasteiger partial charge in [0.25, 0.3) is 0 Å². The number of nitrogens with zero attached hydrogens (tertiary/aromatic N) is 2. The number of hydrogen-bond donors (Lipinski definition) is 2. The highest BCUT2D eigenvalue weighted by Crippen LogP contribution is 2.21. The molecular weight excluding hydrogens is 224 g/mol. The van der Waals surface area contributed by atoms with Crippen LogP contribution in [0.15, 0.2) is 6.07 Å². The van der Waals surface area contributed by atoms with Crippen molar-refractivity contribution < 1.29 is 0 Å². The van der Waals surface area contributed by atoms with Gasteiger partial charge in [0.15, 0.2) is 0 Å². The molecule has 2 atom stereocenters. The van der Waals surface area contributed by atoms with Crippen LogP contribution >= 0.6 is 0 Å². The van der Waals surface area contributed by atoms with Crippen molar-refractivity contribution >= 4 is 5.82 Å². The second-order valence-electron chi connectivity index (χ2n) is 5.61. The first-order valence-corrected chi connectivity index (χ1v) is 6.94. The van der Waals surface area contributed by atoms with Crippen molar-refractivity contribution in [1.29, 1.82) is 0 Å². The molecule has 0 saturated heterocycles. The Balaban J connectivity index is 2.12. The lowest BCUT2D eigenvalue weighted by Gasteiger charge is -2.29. The van der Waals surface area contributed by atoms with Crippen molar-refractivity contribution in [3.8, 4) is 0 Å². The number of anilines is 1. The third-order valence-electron chi connectivity index (χ3n) is 3.54. The molecule has 0 radical (unpaired) electrons. The van der Waals surface area contributed by atoms with Crippen LogP contribution in [0.1, 0.15) is 57.0 Å². The van der Waals surface area contributed by atoms with Crippen LogP contribution in [0.4, 0.5) is 5.82 Å². The lowest BCUT2D eigenvalue weighted by Crippen LogP contribution is -2.42. The molecule has 1 aromatic heterocycles. The maximum Gasteiger partial charge on any atom is 0.133 e. The summed E-state index contributed by atoms with van der Waals surface area (Å²) in [5.74, 6) is 2.18. The summed E-state index contributed by atoms with van der Waals surface area (Å²) in [6.07, 6.45) is 4.76. The molecule has 1 aliphatic rings. The van der Waals surface area contributed by atoms with Gasteiger partial charge in [-0.1, -0.05) is 26.7 Å². The third-order valence-corrected chi connectivity index (χ3v) is 3.54. The van der Waals surface area contributed by atoms with Crippen LogP contribution in [0.3, 0.4) is 0 Å². The van der Waals surface area contributed by atoms with Gasteiger partial charge in [0.05, 0.1) is 0 Å². The van der Waals surface area contributed by atoms with Crippen molar-refractivity contribution in [2.45, 2.75) is 64.5 Å². The van der Waals surface area contributed by atoms with E-state index in [0.717, 1.165) is 30.2 Å². The first kappa shape index (κ1) is 13.3. The molecule has 1 saturated carbocycles. The summed E-state index contributed by atoms with van der Waals surface area (Å²) in [5, 5.41) is 3.49. The van der Waals surface area contributed by atoms with Gasteiger partial charge in [-0.25, -0.2) is 9.97 Å². The number of hydrogen-bond acceptors (Lipinski definition) is 4. The Morgan fingerprint density at radius 1 is 1.28 bits per heavy atom. The van der Waals surface area contributed by atoms with E-state index in [1.807, 2.05) is 13.0 Å². The highest BCUT2D eigenvalue weighted by molar-refractivity contribution is 5.38. The largest absolute Gasteiger partial charge is 0.366 e. The maximum atomic E-state index is 6.16. The van der Waals surface area contributed by atoms with E-state index in [2.05, 4.69) is 29.1 Å². The molecule has 3 N–H and O–H groups in total. The predicted octanol–water partition coefficient (Wildman–Crippen LogP) is 2.59. The van der Waals surface area contributed by atoms with Gasteiger partial charge in [0, 0.05) is 29.8 Å². The molecule has 0 aromatic carbocycles. The van der Waals surface area contributed by atoms with E-state index >= 15 is 0 Å². The smallest absolute Gasteiger partial charge is 0.133 e. The Morgan fingerprint density at radius 2 is 2.00 bits per heavy atom. The molecule has 2 rings (SSSR count). The summed E-state index contributed by atoms with van der Waals surface area (Å²) in [7, 11) is 0. The second kappa shape index (κ2) is 5.65. The topological polar surface area (TPSA) is 63.8 Å². The molecule has 18 heavy (non-hydrogen) atoms. The molecule has 2 unspecified atom stereocenters. The highest BCUT2D eigenvalue weighted by atomic mass is 15.1. The van der Waals surface area contributed by atoms with Gasteiger partial charge in [-0.2, -0.15) is 0 Å². The molecule has 1 aliphatic carbocycles. The van der Waals surface area contributed by atoms with Gasteiger partial charge in [0.2, 0.25) is 0 Å². The average molecular weight is 248 g/mol. The lowest BCUT2D eigenvalue weighted by molar-refractivity contribution is 0.403. The number of rotatable bonds is 3.